The predicted molar refractivity (Wildman–Crippen MR) is 98.8 cm³/mol. The van der Waals surface area contributed by atoms with Crippen molar-refractivity contribution in [1.82, 2.24) is 0 Å². The minimum atomic E-state index is -0.508. The van der Waals surface area contributed by atoms with Crippen molar-refractivity contribution in [1.29, 1.82) is 0 Å². The average Bonchev–Trinajstić information content (AvgIpc) is 2.38. The molecule has 3 nitrogen and oxygen atoms in total. The first-order valence-corrected chi connectivity index (χ1v) is 10.6. The molecule has 138 valence electrons. The highest BCUT2D eigenvalue weighted by atomic mass is 31.0. The van der Waals surface area contributed by atoms with Crippen molar-refractivity contribution in [2.75, 3.05) is 6.16 Å². The first kappa shape index (κ1) is 17.7. The fourth-order valence-corrected chi connectivity index (χ4v) is 8.60. The lowest BCUT2D eigenvalue weighted by molar-refractivity contribution is -0.548. The summed E-state index contributed by atoms with van der Waals surface area (Å²) in [5.41, 5.74) is -0.332. The van der Waals surface area contributed by atoms with Gasteiger partial charge in [-0.25, -0.2) is 0 Å². The van der Waals surface area contributed by atoms with Gasteiger partial charge in [0.2, 0.25) is 0 Å². The summed E-state index contributed by atoms with van der Waals surface area (Å²) in [6, 6.07) is 0. The minimum absolute atomic E-state index is 0.0435. The molecule has 1 aliphatic carbocycles. The van der Waals surface area contributed by atoms with Crippen LogP contribution in [0.25, 0.3) is 0 Å². The van der Waals surface area contributed by atoms with Gasteiger partial charge < -0.3 is 14.2 Å². The molecule has 4 bridgehead atoms. The third-order valence-electron chi connectivity index (χ3n) is 8.14. The van der Waals surface area contributed by atoms with E-state index in [4.69, 9.17) is 14.2 Å². The van der Waals surface area contributed by atoms with Crippen LogP contribution in [-0.4, -0.2) is 28.9 Å². The fourth-order valence-electron chi connectivity index (χ4n) is 7.41. The molecule has 8 atom stereocenters. The summed E-state index contributed by atoms with van der Waals surface area (Å²) in [6.45, 7) is 13.8. The van der Waals surface area contributed by atoms with Crippen LogP contribution in [0.1, 0.15) is 73.6 Å². The van der Waals surface area contributed by atoms with E-state index in [0.29, 0.717) is 5.92 Å². The van der Waals surface area contributed by atoms with E-state index in [1.54, 1.807) is 0 Å². The molecule has 0 spiro atoms. The maximum absolute atomic E-state index is 6.74. The molecule has 0 aromatic heterocycles. The highest BCUT2D eigenvalue weighted by Gasteiger charge is 2.78. The Hall–Kier alpha value is 0.310. The Kier molecular flexibility index (Phi) is 3.67. The van der Waals surface area contributed by atoms with E-state index < -0.39 is 11.6 Å². The van der Waals surface area contributed by atoms with Crippen LogP contribution in [0.5, 0.6) is 0 Å². The van der Waals surface area contributed by atoms with Crippen molar-refractivity contribution in [3.63, 3.8) is 0 Å². The first-order valence-electron chi connectivity index (χ1n) is 9.81. The normalized spacial score (nSPS) is 62.9. The highest BCUT2D eigenvalue weighted by molar-refractivity contribution is 7.16. The SMILES string of the molecule is CC1CCC(C2(CP)C3(C)CC4(C)OC(C)(CC2(C)O4)O3)CC1C. The summed E-state index contributed by atoms with van der Waals surface area (Å²) in [5, 5.41) is 0. The average molecular weight is 354 g/mol. The van der Waals surface area contributed by atoms with E-state index >= 15 is 0 Å². The standard InChI is InChI=1S/C20H35O3P/c1-13-7-8-15(9-14(13)2)20(12-24)16(3)10-18(5)22-17(20,4)11-19(6,21-16)23-18/h13-15H,7-12,24H2,1-6H3. The highest BCUT2D eigenvalue weighted by Crippen LogP contribution is 2.71. The second-order valence-electron chi connectivity index (χ2n) is 10.0. The van der Waals surface area contributed by atoms with Gasteiger partial charge in [0.05, 0.1) is 11.2 Å². The monoisotopic (exact) mass is 354 g/mol. The molecule has 5 fully saturated rings. The molecule has 0 radical (unpaired) electrons. The van der Waals surface area contributed by atoms with Crippen molar-refractivity contribution in [3.05, 3.63) is 0 Å². The van der Waals surface area contributed by atoms with Crippen molar-refractivity contribution in [2.24, 2.45) is 23.2 Å². The molecule has 5 aliphatic rings. The van der Waals surface area contributed by atoms with Crippen molar-refractivity contribution in [3.8, 4) is 0 Å². The zero-order valence-electron chi connectivity index (χ0n) is 16.3. The lowest BCUT2D eigenvalue weighted by Gasteiger charge is -2.76. The van der Waals surface area contributed by atoms with Crippen molar-refractivity contribution in [2.45, 2.75) is 96.4 Å². The van der Waals surface area contributed by atoms with E-state index in [1.807, 2.05) is 0 Å². The molecule has 4 heteroatoms. The number of rotatable bonds is 2. The summed E-state index contributed by atoms with van der Waals surface area (Å²) >= 11 is 0. The van der Waals surface area contributed by atoms with E-state index in [-0.39, 0.29) is 16.6 Å². The zero-order valence-corrected chi connectivity index (χ0v) is 17.4. The number of hydrogen-bond donors (Lipinski definition) is 0. The number of hydrogen-bond acceptors (Lipinski definition) is 3. The molecule has 4 aliphatic heterocycles. The Morgan fingerprint density at radius 3 is 1.83 bits per heavy atom. The van der Waals surface area contributed by atoms with Gasteiger partial charge in [-0.2, -0.15) is 0 Å². The van der Waals surface area contributed by atoms with Crippen LogP contribution in [0, 0.1) is 23.2 Å². The van der Waals surface area contributed by atoms with Crippen LogP contribution in [0.2, 0.25) is 0 Å². The molecule has 1 saturated carbocycles. The molecular formula is C20H35O3P. The Morgan fingerprint density at radius 1 is 0.833 bits per heavy atom. The van der Waals surface area contributed by atoms with Crippen LogP contribution in [-0.2, 0) is 14.2 Å². The molecule has 4 saturated heterocycles. The Morgan fingerprint density at radius 2 is 1.38 bits per heavy atom. The first-order chi connectivity index (χ1) is 11.0. The molecule has 4 heterocycles. The Labute approximate surface area is 149 Å². The molecule has 0 aromatic rings. The van der Waals surface area contributed by atoms with E-state index in [0.717, 1.165) is 30.8 Å². The summed E-state index contributed by atoms with van der Waals surface area (Å²) in [5.74, 6) is 1.25. The molecule has 8 unspecified atom stereocenters. The van der Waals surface area contributed by atoms with Gasteiger partial charge in [0, 0.05) is 18.3 Å². The molecular weight excluding hydrogens is 319 g/mol. The van der Waals surface area contributed by atoms with Gasteiger partial charge in [-0.1, -0.05) is 20.3 Å². The van der Waals surface area contributed by atoms with Gasteiger partial charge >= 0.3 is 0 Å². The maximum atomic E-state index is 6.74. The molecule has 0 N–H and O–H groups in total. The third kappa shape index (κ3) is 2.05. The van der Waals surface area contributed by atoms with Crippen molar-refractivity contribution >= 4 is 9.24 Å². The molecule has 0 aromatic carbocycles. The van der Waals surface area contributed by atoms with E-state index in [2.05, 4.69) is 50.8 Å². The van der Waals surface area contributed by atoms with Gasteiger partial charge in [-0.3, -0.25) is 0 Å². The topological polar surface area (TPSA) is 27.7 Å². The Bertz CT molecular complexity index is 503. The predicted octanol–water partition coefficient (Wildman–Crippen LogP) is 4.74. The Balaban J connectivity index is 1.81. The maximum Gasteiger partial charge on any atom is 0.172 e. The van der Waals surface area contributed by atoms with Gasteiger partial charge in [0.1, 0.15) is 0 Å². The summed E-state index contributed by atoms with van der Waals surface area (Å²) in [6.07, 6.45) is 6.63. The van der Waals surface area contributed by atoms with Crippen LogP contribution in [0.4, 0.5) is 0 Å². The lowest BCUT2D eigenvalue weighted by atomic mass is 9.47. The fraction of sp³-hybridized carbons (Fsp3) is 1.00. The molecule has 0 amide bonds. The lowest BCUT2D eigenvalue weighted by Crippen LogP contribution is -2.83. The summed E-state index contributed by atoms with van der Waals surface area (Å²) < 4.78 is 19.7. The van der Waals surface area contributed by atoms with E-state index in [1.165, 1.54) is 19.3 Å². The minimum Gasteiger partial charge on any atom is -0.343 e. The van der Waals surface area contributed by atoms with Gasteiger partial charge in [-0.05, 0) is 64.5 Å². The van der Waals surface area contributed by atoms with Gasteiger partial charge in [-0.15, -0.1) is 9.24 Å². The van der Waals surface area contributed by atoms with Crippen molar-refractivity contribution < 1.29 is 14.2 Å². The molecule has 5 rings (SSSR count). The van der Waals surface area contributed by atoms with Gasteiger partial charge in [0.25, 0.3) is 0 Å². The zero-order chi connectivity index (χ0) is 17.6. The largest absolute Gasteiger partial charge is 0.343 e. The second kappa shape index (κ2) is 4.97. The van der Waals surface area contributed by atoms with Crippen LogP contribution >= 0.6 is 9.24 Å². The summed E-state index contributed by atoms with van der Waals surface area (Å²) in [4.78, 5) is 0. The second-order valence-corrected chi connectivity index (χ2v) is 10.4. The summed E-state index contributed by atoms with van der Waals surface area (Å²) in [7, 11) is 3.06. The van der Waals surface area contributed by atoms with Crippen LogP contribution in [0.3, 0.4) is 0 Å². The molecule has 24 heavy (non-hydrogen) atoms. The third-order valence-corrected chi connectivity index (χ3v) is 8.78. The van der Waals surface area contributed by atoms with Crippen LogP contribution in [0.15, 0.2) is 0 Å². The van der Waals surface area contributed by atoms with Crippen LogP contribution < -0.4 is 0 Å². The van der Waals surface area contributed by atoms with Gasteiger partial charge in [0.15, 0.2) is 11.6 Å². The quantitative estimate of drug-likeness (QED) is 0.670. The smallest absolute Gasteiger partial charge is 0.172 e. The van der Waals surface area contributed by atoms with E-state index in [9.17, 15) is 0 Å². The number of ether oxygens (including phenoxy) is 3.